The monoisotopic (exact) mass is 807 g/mol. The van der Waals surface area contributed by atoms with E-state index in [1.165, 1.54) is 0 Å². The number of benzene rings is 1. The molecule has 58 heavy (non-hydrogen) atoms. The van der Waals surface area contributed by atoms with Crippen LogP contribution in [-0.2, 0) is 35.2 Å². The van der Waals surface area contributed by atoms with E-state index in [-0.39, 0.29) is 65.8 Å². The van der Waals surface area contributed by atoms with E-state index >= 15 is 0 Å². The second-order valence-corrected chi connectivity index (χ2v) is 17.3. The highest BCUT2D eigenvalue weighted by Gasteiger charge is 2.43. The Hall–Kier alpha value is -3.87. The number of likely N-dealkylation sites (tertiary alicyclic amines) is 1. The van der Waals surface area contributed by atoms with E-state index < -0.39 is 36.3 Å². The van der Waals surface area contributed by atoms with Crippen molar-refractivity contribution >= 4 is 23.6 Å². The van der Waals surface area contributed by atoms with Crippen LogP contribution in [0.4, 0.5) is 0 Å². The predicted molar refractivity (Wildman–Crippen MR) is 230 cm³/mol. The number of likely N-dealkylation sites (N-methyl/N-ethyl adjacent to an activating group) is 2. The molecular weight excluding hydrogens is 733 g/mol. The van der Waals surface area contributed by atoms with Crippen molar-refractivity contribution in [3.05, 3.63) is 66.0 Å². The third kappa shape index (κ3) is 12.6. The van der Waals surface area contributed by atoms with Crippen molar-refractivity contribution in [2.24, 2.45) is 23.7 Å². The van der Waals surface area contributed by atoms with Crippen molar-refractivity contribution in [2.75, 3.05) is 34.9 Å². The van der Waals surface area contributed by atoms with Gasteiger partial charge in [-0.1, -0.05) is 92.1 Å². The van der Waals surface area contributed by atoms with Crippen molar-refractivity contribution in [3.8, 4) is 0 Å². The minimum atomic E-state index is -0.788. The van der Waals surface area contributed by atoms with Gasteiger partial charge in [-0.25, -0.2) is 0 Å². The standard InChI is InChI=1S/C46H74N6O6/c1-14-31(6)42(51(11)46(56)40(29(2)3)49-45(55)41(30(4)5)50(10)28-35-22-24-47-25-23-35)38(57-12)27-39(53)52-26-18-21-37(52)43(58-13)33(8)44(54)48-34(9)32(7)36-19-16-15-17-20-36/h15-17,19-20,22-25,29-34,37-38,40-43H,14,18,21,26-28H2,1-13H3,(H,48,54)(H,49,55)/t31-,32+,33+,34+,37-,38+,40-,41?,42?,43+/m0/s1. The van der Waals surface area contributed by atoms with Gasteiger partial charge < -0.3 is 29.9 Å². The molecule has 1 aliphatic rings. The maximum atomic E-state index is 14.5. The predicted octanol–water partition coefficient (Wildman–Crippen LogP) is 5.91. The van der Waals surface area contributed by atoms with Crippen molar-refractivity contribution in [1.29, 1.82) is 0 Å². The van der Waals surface area contributed by atoms with Crippen LogP contribution >= 0.6 is 0 Å². The number of nitrogens with zero attached hydrogens (tertiary/aromatic N) is 4. The number of methoxy groups -OCH3 is 2. The van der Waals surface area contributed by atoms with Crippen LogP contribution in [0.2, 0.25) is 0 Å². The first-order valence-corrected chi connectivity index (χ1v) is 21.3. The first-order valence-electron chi connectivity index (χ1n) is 21.3. The summed E-state index contributed by atoms with van der Waals surface area (Å²) in [5.74, 6) is -1.26. The molecule has 1 fully saturated rings. The van der Waals surface area contributed by atoms with Crippen molar-refractivity contribution < 1.29 is 28.7 Å². The average Bonchev–Trinajstić information content (AvgIpc) is 3.69. The smallest absolute Gasteiger partial charge is 0.245 e. The maximum absolute atomic E-state index is 14.5. The summed E-state index contributed by atoms with van der Waals surface area (Å²) in [7, 11) is 6.87. The first kappa shape index (κ1) is 48.5. The summed E-state index contributed by atoms with van der Waals surface area (Å²) in [4.78, 5) is 66.1. The number of hydrogen-bond acceptors (Lipinski definition) is 8. The Kier molecular flexibility index (Phi) is 19.3. The molecule has 1 aliphatic heterocycles. The molecular formula is C46H74N6O6. The normalized spacial score (nSPS) is 19.2. The Labute approximate surface area is 349 Å². The Balaban J connectivity index is 1.76. The fraction of sp³-hybridized carbons (Fsp3) is 0.674. The highest BCUT2D eigenvalue weighted by Crippen LogP contribution is 2.30. The summed E-state index contributed by atoms with van der Waals surface area (Å²) in [6.07, 6.45) is 4.67. The lowest BCUT2D eigenvalue weighted by Crippen LogP contribution is -2.60. The molecule has 0 bridgehead atoms. The van der Waals surface area contributed by atoms with Crippen LogP contribution in [0.1, 0.15) is 105 Å². The van der Waals surface area contributed by atoms with Gasteiger partial charge in [0.2, 0.25) is 23.6 Å². The van der Waals surface area contributed by atoms with Gasteiger partial charge in [-0.15, -0.1) is 0 Å². The number of carbonyl (C=O) groups excluding carboxylic acids is 4. The van der Waals surface area contributed by atoms with Gasteiger partial charge in [-0.3, -0.25) is 29.1 Å². The van der Waals surface area contributed by atoms with Gasteiger partial charge in [0, 0.05) is 58.7 Å². The van der Waals surface area contributed by atoms with Gasteiger partial charge in [-0.2, -0.15) is 0 Å². The van der Waals surface area contributed by atoms with Gasteiger partial charge in [-0.05, 0) is 67.8 Å². The Morgan fingerprint density at radius 1 is 0.862 bits per heavy atom. The zero-order valence-corrected chi connectivity index (χ0v) is 37.6. The van der Waals surface area contributed by atoms with Crippen molar-refractivity contribution in [3.63, 3.8) is 0 Å². The van der Waals surface area contributed by atoms with Gasteiger partial charge in [0.1, 0.15) is 6.04 Å². The van der Waals surface area contributed by atoms with Crippen LogP contribution in [0.3, 0.4) is 0 Å². The number of pyridine rings is 1. The maximum Gasteiger partial charge on any atom is 0.245 e. The second-order valence-electron chi connectivity index (χ2n) is 17.3. The molecule has 2 N–H and O–H groups in total. The third-order valence-electron chi connectivity index (χ3n) is 12.5. The van der Waals surface area contributed by atoms with Crippen LogP contribution in [0.5, 0.6) is 0 Å². The van der Waals surface area contributed by atoms with Gasteiger partial charge in [0.15, 0.2) is 0 Å². The molecule has 12 nitrogen and oxygen atoms in total. The van der Waals surface area contributed by atoms with E-state index in [4.69, 9.17) is 9.47 Å². The van der Waals surface area contributed by atoms with E-state index in [0.717, 1.165) is 24.0 Å². The molecule has 2 aromatic rings. The summed E-state index contributed by atoms with van der Waals surface area (Å²) >= 11 is 0. The number of hydrogen-bond donors (Lipinski definition) is 2. The highest BCUT2D eigenvalue weighted by atomic mass is 16.5. The molecule has 2 heterocycles. The van der Waals surface area contributed by atoms with E-state index in [2.05, 4.69) is 48.5 Å². The Morgan fingerprint density at radius 3 is 2.05 bits per heavy atom. The highest BCUT2D eigenvalue weighted by molar-refractivity contribution is 5.90. The molecule has 0 radical (unpaired) electrons. The van der Waals surface area contributed by atoms with Crippen molar-refractivity contribution in [1.82, 2.24) is 30.3 Å². The fourth-order valence-corrected chi connectivity index (χ4v) is 8.69. The number of carbonyl (C=O) groups is 4. The van der Waals surface area contributed by atoms with Gasteiger partial charge >= 0.3 is 0 Å². The molecule has 10 atom stereocenters. The largest absolute Gasteiger partial charge is 0.379 e. The molecule has 0 aliphatic carbocycles. The molecule has 1 aromatic heterocycles. The molecule has 2 unspecified atom stereocenters. The fourth-order valence-electron chi connectivity index (χ4n) is 8.69. The minimum absolute atomic E-state index is 0.0133. The van der Waals surface area contributed by atoms with Crippen LogP contribution < -0.4 is 10.6 Å². The summed E-state index contributed by atoms with van der Waals surface area (Å²) in [5.41, 5.74) is 2.19. The Bertz CT molecular complexity index is 1580. The summed E-state index contributed by atoms with van der Waals surface area (Å²) < 4.78 is 12.1. The van der Waals surface area contributed by atoms with Crippen LogP contribution in [0.25, 0.3) is 0 Å². The third-order valence-corrected chi connectivity index (χ3v) is 12.5. The molecule has 1 saturated heterocycles. The number of aromatic nitrogens is 1. The first-order chi connectivity index (χ1) is 27.5. The number of amides is 4. The van der Waals surface area contributed by atoms with Crippen LogP contribution in [0, 0.1) is 23.7 Å². The molecule has 324 valence electrons. The SMILES string of the molecule is CC[C@H](C)C([C@@H](CC(=O)N1CCC[C@H]1[C@H](OC)[C@@H](C)C(=O)N[C@H](C)[C@@H](C)c1ccccc1)OC)N(C)C(=O)[C@@H](NC(=O)C(C(C)C)N(C)Cc1ccncc1)C(C)C. The topological polar surface area (TPSA) is 133 Å². The zero-order chi connectivity index (χ0) is 43.3. The lowest BCUT2D eigenvalue weighted by Gasteiger charge is -2.41. The molecule has 0 saturated carbocycles. The van der Waals surface area contributed by atoms with E-state index in [1.54, 1.807) is 38.6 Å². The molecule has 1 aromatic carbocycles. The molecule has 0 spiro atoms. The second kappa shape index (κ2) is 23.1. The summed E-state index contributed by atoms with van der Waals surface area (Å²) in [6, 6.07) is 11.9. The Morgan fingerprint density at radius 2 is 1.50 bits per heavy atom. The quantitative estimate of drug-likeness (QED) is 0.150. The average molecular weight is 807 g/mol. The van der Waals surface area contributed by atoms with Crippen LogP contribution in [-0.4, -0.2) is 121 Å². The summed E-state index contributed by atoms with van der Waals surface area (Å²) in [6.45, 7) is 19.1. The van der Waals surface area contributed by atoms with Gasteiger partial charge in [0.25, 0.3) is 0 Å². The van der Waals surface area contributed by atoms with Crippen LogP contribution in [0.15, 0.2) is 54.9 Å². The van der Waals surface area contributed by atoms with E-state index in [0.29, 0.717) is 19.5 Å². The number of nitrogens with one attached hydrogen (secondary N) is 2. The lowest BCUT2D eigenvalue weighted by atomic mass is 9.89. The van der Waals surface area contributed by atoms with Gasteiger partial charge in [0.05, 0.1) is 42.7 Å². The lowest BCUT2D eigenvalue weighted by molar-refractivity contribution is -0.148. The molecule has 12 heteroatoms. The zero-order valence-electron chi connectivity index (χ0n) is 37.6. The number of ether oxygens (including phenoxy) is 2. The summed E-state index contributed by atoms with van der Waals surface area (Å²) in [5, 5.41) is 6.33. The molecule has 3 rings (SSSR count). The number of rotatable bonds is 22. The van der Waals surface area contributed by atoms with Crippen molar-refractivity contribution in [2.45, 2.75) is 143 Å². The molecule has 4 amide bonds. The van der Waals surface area contributed by atoms with E-state index in [1.807, 2.05) is 88.7 Å². The minimum Gasteiger partial charge on any atom is -0.379 e. The van der Waals surface area contributed by atoms with E-state index in [9.17, 15) is 19.2 Å².